The molecule has 2 N–H and O–H groups in total. The van der Waals surface area contributed by atoms with Crippen molar-refractivity contribution in [2.75, 3.05) is 14.1 Å². The lowest BCUT2D eigenvalue weighted by molar-refractivity contribution is 0.375. The van der Waals surface area contributed by atoms with Gasteiger partial charge in [-0.3, -0.25) is 10.1 Å². The molecule has 0 aromatic carbocycles. The standard InChI is InChI=1S/C17H24ClN5S/c1-11-4-5-13(10-19-11)17-15(18)16(20-21-17)12-6-8-14(9-7-12)22-24-23(2)3/h4-5,10,12,14,22H,6-9H2,1-3H3,(H,20,21). The van der Waals surface area contributed by atoms with E-state index in [0.29, 0.717) is 12.0 Å². The second-order valence-corrected chi connectivity index (χ2v) is 8.08. The van der Waals surface area contributed by atoms with Gasteiger partial charge in [0.25, 0.3) is 0 Å². The minimum Gasteiger partial charge on any atom is -0.280 e. The number of H-pyrrole nitrogens is 1. The maximum atomic E-state index is 6.62. The number of nitrogens with one attached hydrogen (secondary N) is 2. The quantitative estimate of drug-likeness (QED) is 0.778. The molecule has 0 aliphatic heterocycles. The molecular weight excluding hydrogens is 342 g/mol. The molecule has 1 saturated carbocycles. The number of aromatic amines is 1. The van der Waals surface area contributed by atoms with Crippen molar-refractivity contribution in [3.8, 4) is 11.3 Å². The number of halogens is 1. The fraction of sp³-hybridized carbons (Fsp3) is 0.529. The van der Waals surface area contributed by atoms with E-state index in [9.17, 15) is 0 Å². The van der Waals surface area contributed by atoms with Gasteiger partial charge in [0.05, 0.1) is 10.7 Å². The zero-order valence-corrected chi connectivity index (χ0v) is 15.9. The van der Waals surface area contributed by atoms with Crippen LogP contribution in [0.1, 0.15) is 43.0 Å². The van der Waals surface area contributed by atoms with Gasteiger partial charge in [-0.15, -0.1) is 0 Å². The molecule has 2 aromatic rings. The summed E-state index contributed by atoms with van der Waals surface area (Å²) in [5.74, 6) is 0.458. The fourth-order valence-electron chi connectivity index (χ4n) is 3.09. The maximum Gasteiger partial charge on any atom is 0.113 e. The molecule has 0 spiro atoms. The Kier molecular flexibility index (Phi) is 5.81. The lowest BCUT2D eigenvalue weighted by Crippen LogP contribution is -2.30. The van der Waals surface area contributed by atoms with Crippen molar-refractivity contribution in [1.82, 2.24) is 24.2 Å². The number of aryl methyl sites for hydroxylation is 1. The topological polar surface area (TPSA) is 56.8 Å². The van der Waals surface area contributed by atoms with E-state index < -0.39 is 0 Å². The fourth-order valence-corrected chi connectivity index (χ4v) is 4.03. The van der Waals surface area contributed by atoms with Gasteiger partial charge in [-0.25, -0.2) is 9.03 Å². The van der Waals surface area contributed by atoms with Crippen LogP contribution in [0.2, 0.25) is 5.02 Å². The van der Waals surface area contributed by atoms with E-state index in [1.807, 2.05) is 25.3 Å². The van der Waals surface area contributed by atoms with Crippen LogP contribution < -0.4 is 4.72 Å². The van der Waals surface area contributed by atoms with Crippen LogP contribution in [0.25, 0.3) is 11.3 Å². The Bertz CT molecular complexity index is 662. The molecule has 130 valence electrons. The molecule has 2 heterocycles. The monoisotopic (exact) mass is 365 g/mol. The number of rotatable bonds is 5. The third-order valence-corrected chi connectivity index (χ3v) is 5.64. The molecule has 24 heavy (non-hydrogen) atoms. The molecule has 0 atom stereocenters. The highest BCUT2D eigenvalue weighted by molar-refractivity contribution is 7.95. The molecule has 0 bridgehead atoms. The lowest BCUT2D eigenvalue weighted by atomic mass is 9.84. The first-order valence-corrected chi connectivity index (χ1v) is 9.46. The van der Waals surface area contributed by atoms with E-state index in [0.717, 1.165) is 53.4 Å². The third-order valence-electron chi connectivity index (χ3n) is 4.45. The van der Waals surface area contributed by atoms with Gasteiger partial charge in [0, 0.05) is 41.5 Å². The first kappa shape index (κ1) is 17.7. The van der Waals surface area contributed by atoms with Crippen molar-refractivity contribution in [3.63, 3.8) is 0 Å². The van der Waals surface area contributed by atoms with Crippen LogP contribution in [0.3, 0.4) is 0 Å². The minimum absolute atomic E-state index is 0.458. The predicted octanol–water partition coefficient (Wildman–Crippen LogP) is 4.17. The van der Waals surface area contributed by atoms with Gasteiger partial charge in [-0.1, -0.05) is 11.6 Å². The maximum absolute atomic E-state index is 6.62. The van der Waals surface area contributed by atoms with E-state index in [-0.39, 0.29) is 0 Å². The van der Waals surface area contributed by atoms with Crippen molar-refractivity contribution < 1.29 is 0 Å². The van der Waals surface area contributed by atoms with E-state index in [1.54, 1.807) is 12.1 Å². The first-order valence-electron chi connectivity index (χ1n) is 8.31. The molecule has 1 fully saturated rings. The molecule has 2 aromatic heterocycles. The molecule has 7 heteroatoms. The highest BCUT2D eigenvalue weighted by Crippen LogP contribution is 2.39. The molecule has 1 aliphatic rings. The summed E-state index contributed by atoms with van der Waals surface area (Å²) in [6.07, 6.45) is 6.39. The van der Waals surface area contributed by atoms with Gasteiger partial charge >= 0.3 is 0 Å². The van der Waals surface area contributed by atoms with Crippen LogP contribution in [0.5, 0.6) is 0 Å². The zero-order chi connectivity index (χ0) is 17.1. The Morgan fingerprint density at radius 3 is 2.62 bits per heavy atom. The Balaban J connectivity index is 1.65. The molecular formula is C17H24ClN5S. The zero-order valence-electron chi connectivity index (χ0n) is 14.3. The van der Waals surface area contributed by atoms with Gasteiger partial charge in [-0.2, -0.15) is 5.10 Å². The Morgan fingerprint density at radius 2 is 2.00 bits per heavy atom. The van der Waals surface area contributed by atoms with Crippen molar-refractivity contribution >= 4 is 23.7 Å². The van der Waals surface area contributed by atoms with Crippen molar-refractivity contribution in [1.29, 1.82) is 0 Å². The van der Waals surface area contributed by atoms with E-state index in [1.165, 1.54) is 0 Å². The van der Waals surface area contributed by atoms with Gasteiger partial charge in [0.15, 0.2) is 0 Å². The van der Waals surface area contributed by atoms with E-state index in [2.05, 4.69) is 38.3 Å². The first-order chi connectivity index (χ1) is 11.5. The summed E-state index contributed by atoms with van der Waals surface area (Å²) < 4.78 is 5.60. The normalized spacial score (nSPS) is 21.4. The van der Waals surface area contributed by atoms with Crippen molar-refractivity contribution in [2.24, 2.45) is 0 Å². The minimum atomic E-state index is 0.458. The second-order valence-electron chi connectivity index (χ2n) is 6.56. The highest BCUT2D eigenvalue weighted by Gasteiger charge is 2.26. The number of aromatic nitrogens is 3. The molecule has 0 radical (unpaired) electrons. The lowest BCUT2D eigenvalue weighted by Gasteiger charge is -2.29. The number of hydrogen-bond acceptors (Lipinski definition) is 5. The summed E-state index contributed by atoms with van der Waals surface area (Å²) >= 11 is 8.29. The predicted molar refractivity (Wildman–Crippen MR) is 101 cm³/mol. The Labute approximate surface area is 152 Å². The highest BCUT2D eigenvalue weighted by atomic mass is 35.5. The van der Waals surface area contributed by atoms with Crippen LogP contribution in [0.15, 0.2) is 18.3 Å². The average molecular weight is 366 g/mol. The molecule has 0 unspecified atom stereocenters. The Hall–Kier alpha value is -1.08. The van der Waals surface area contributed by atoms with E-state index in [4.69, 9.17) is 11.6 Å². The summed E-state index contributed by atoms with van der Waals surface area (Å²) in [5.41, 5.74) is 3.84. The van der Waals surface area contributed by atoms with Gasteiger partial charge in [-0.05, 0) is 58.8 Å². The Morgan fingerprint density at radius 1 is 1.25 bits per heavy atom. The second kappa shape index (κ2) is 7.87. The molecule has 3 rings (SSSR count). The van der Waals surface area contributed by atoms with Crippen molar-refractivity contribution in [3.05, 3.63) is 34.7 Å². The van der Waals surface area contributed by atoms with Crippen molar-refractivity contribution in [2.45, 2.75) is 44.6 Å². The molecule has 1 aliphatic carbocycles. The van der Waals surface area contributed by atoms with Gasteiger partial charge < -0.3 is 0 Å². The summed E-state index contributed by atoms with van der Waals surface area (Å²) in [5, 5.41) is 8.37. The number of pyridine rings is 1. The van der Waals surface area contributed by atoms with Crippen LogP contribution in [-0.2, 0) is 0 Å². The molecule has 5 nitrogen and oxygen atoms in total. The van der Waals surface area contributed by atoms with Crippen LogP contribution in [0, 0.1) is 6.92 Å². The van der Waals surface area contributed by atoms with Crippen LogP contribution >= 0.6 is 23.7 Å². The van der Waals surface area contributed by atoms with Gasteiger partial charge in [0.2, 0.25) is 0 Å². The summed E-state index contributed by atoms with van der Waals surface area (Å²) in [6.45, 7) is 1.97. The smallest absolute Gasteiger partial charge is 0.113 e. The number of nitrogens with zero attached hydrogens (tertiary/aromatic N) is 3. The molecule has 0 amide bonds. The number of hydrogen-bond donors (Lipinski definition) is 2. The average Bonchev–Trinajstić information content (AvgIpc) is 2.96. The van der Waals surface area contributed by atoms with Gasteiger partial charge in [0.1, 0.15) is 5.69 Å². The summed E-state index contributed by atoms with van der Waals surface area (Å²) in [6, 6.07) is 4.57. The summed E-state index contributed by atoms with van der Waals surface area (Å²) in [4.78, 5) is 4.34. The largest absolute Gasteiger partial charge is 0.280 e. The van der Waals surface area contributed by atoms with E-state index >= 15 is 0 Å². The third kappa shape index (κ3) is 4.11. The molecule has 0 saturated heterocycles. The SMILES string of the molecule is Cc1ccc(-c2n[nH]c(C3CCC(NSN(C)C)CC3)c2Cl)cn1. The summed E-state index contributed by atoms with van der Waals surface area (Å²) in [7, 11) is 4.10. The van der Waals surface area contributed by atoms with Crippen LogP contribution in [-0.4, -0.2) is 39.6 Å². The van der Waals surface area contributed by atoms with Crippen LogP contribution in [0.4, 0.5) is 0 Å².